The second-order valence-electron chi connectivity index (χ2n) is 6.58. The highest BCUT2D eigenvalue weighted by Crippen LogP contribution is 2.32. The minimum Gasteiger partial charge on any atom is -0.399 e. The third-order valence-corrected chi connectivity index (χ3v) is 4.57. The lowest BCUT2D eigenvalue weighted by Gasteiger charge is -2.10. The van der Waals surface area contributed by atoms with Crippen LogP contribution in [-0.4, -0.2) is 4.98 Å². The van der Waals surface area contributed by atoms with Crippen LogP contribution in [0.15, 0.2) is 48.7 Å². The standard InChI is InChI=1S/C20H20FN3/c21-19-12-24-20(17-8-7-16(22)10-18(17)19)23-11-15-5-3-14(4-6-15)9-13-1-2-13/h3-8,10,12-13H,1-2,9,11,22H2,(H,23,24). The molecule has 0 saturated heterocycles. The van der Waals surface area contributed by atoms with Gasteiger partial charge >= 0.3 is 0 Å². The van der Waals surface area contributed by atoms with Crippen molar-refractivity contribution in [1.29, 1.82) is 0 Å². The summed E-state index contributed by atoms with van der Waals surface area (Å²) in [6, 6.07) is 13.9. The fraction of sp³-hybridized carbons (Fsp3) is 0.250. The van der Waals surface area contributed by atoms with E-state index in [0.29, 0.717) is 23.4 Å². The lowest BCUT2D eigenvalue weighted by molar-refractivity contribution is 0.634. The van der Waals surface area contributed by atoms with Gasteiger partial charge in [0.2, 0.25) is 0 Å². The predicted octanol–water partition coefficient (Wildman–Crippen LogP) is 4.52. The topological polar surface area (TPSA) is 50.9 Å². The number of nitrogen functional groups attached to an aromatic ring is 1. The van der Waals surface area contributed by atoms with Gasteiger partial charge in [-0.15, -0.1) is 0 Å². The molecule has 1 aliphatic carbocycles. The first-order valence-corrected chi connectivity index (χ1v) is 8.34. The normalized spacial score (nSPS) is 14.0. The number of fused-ring (bicyclic) bond motifs is 1. The molecule has 3 N–H and O–H groups in total. The van der Waals surface area contributed by atoms with Gasteiger partial charge in [0.1, 0.15) is 11.6 Å². The first-order chi connectivity index (χ1) is 11.7. The van der Waals surface area contributed by atoms with Crippen molar-refractivity contribution in [3.8, 4) is 0 Å². The molecule has 4 rings (SSSR count). The summed E-state index contributed by atoms with van der Waals surface area (Å²) in [5.41, 5.74) is 8.89. The van der Waals surface area contributed by atoms with E-state index in [4.69, 9.17) is 5.73 Å². The fourth-order valence-corrected chi connectivity index (χ4v) is 3.00. The smallest absolute Gasteiger partial charge is 0.149 e. The molecule has 2 aromatic carbocycles. The second kappa shape index (κ2) is 6.11. The quantitative estimate of drug-likeness (QED) is 0.679. The lowest BCUT2D eigenvalue weighted by atomic mass is 10.1. The molecule has 24 heavy (non-hydrogen) atoms. The molecule has 0 spiro atoms. The van der Waals surface area contributed by atoms with Gasteiger partial charge < -0.3 is 11.1 Å². The van der Waals surface area contributed by atoms with Gasteiger partial charge in [0, 0.05) is 23.0 Å². The van der Waals surface area contributed by atoms with Crippen molar-refractivity contribution < 1.29 is 4.39 Å². The summed E-state index contributed by atoms with van der Waals surface area (Å²) in [7, 11) is 0. The lowest BCUT2D eigenvalue weighted by Crippen LogP contribution is -2.03. The van der Waals surface area contributed by atoms with Gasteiger partial charge in [-0.25, -0.2) is 9.37 Å². The molecule has 3 nitrogen and oxygen atoms in total. The van der Waals surface area contributed by atoms with E-state index >= 15 is 0 Å². The summed E-state index contributed by atoms with van der Waals surface area (Å²) in [4.78, 5) is 4.19. The van der Waals surface area contributed by atoms with Gasteiger partial charge in [0.15, 0.2) is 0 Å². The van der Waals surface area contributed by atoms with E-state index in [1.54, 1.807) is 12.1 Å². The van der Waals surface area contributed by atoms with Crippen molar-refractivity contribution in [3.05, 3.63) is 65.6 Å². The summed E-state index contributed by atoms with van der Waals surface area (Å²) in [6.07, 6.45) is 5.18. The van der Waals surface area contributed by atoms with Gasteiger partial charge in [-0.2, -0.15) is 0 Å². The molecule has 1 fully saturated rings. The summed E-state index contributed by atoms with van der Waals surface area (Å²) in [5.74, 6) is 1.22. The number of hydrogen-bond acceptors (Lipinski definition) is 3. The zero-order valence-corrected chi connectivity index (χ0v) is 13.4. The van der Waals surface area contributed by atoms with E-state index in [1.807, 2.05) is 6.07 Å². The molecule has 0 unspecified atom stereocenters. The van der Waals surface area contributed by atoms with Crippen molar-refractivity contribution >= 4 is 22.3 Å². The molecular formula is C20H20FN3. The Morgan fingerprint density at radius 2 is 1.79 bits per heavy atom. The van der Waals surface area contributed by atoms with Gasteiger partial charge in [-0.05, 0) is 54.5 Å². The number of halogens is 1. The molecule has 0 radical (unpaired) electrons. The molecular weight excluding hydrogens is 301 g/mol. The molecule has 1 aliphatic rings. The summed E-state index contributed by atoms with van der Waals surface area (Å²) >= 11 is 0. The zero-order valence-electron chi connectivity index (χ0n) is 13.4. The predicted molar refractivity (Wildman–Crippen MR) is 96.3 cm³/mol. The second-order valence-corrected chi connectivity index (χ2v) is 6.58. The molecule has 122 valence electrons. The SMILES string of the molecule is Nc1ccc2c(NCc3ccc(CC4CC4)cc3)ncc(F)c2c1. The van der Waals surface area contributed by atoms with Crippen LogP contribution in [0, 0.1) is 11.7 Å². The van der Waals surface area contributed by atoms with Gasteiger partial charge in [0.05, 0.1) is 6.20 Å². The van der Waals surface area contributed by atoms with Crippen molar-refractivity contribution in [2.75, 3.05) is 11.1 Å². The van der Waals surface area contributed by atoms with Crippen molar-refractivity contribution in [1.82, 2.24) is 4.98 Å². The van der Waals surface area contributed by atoms with Crippen LogP contribution in [0.1, 0.15) is 24.0 Å². The van der Waals surface area contributed by atoms with E-state index in [0.717, 1.165) is 11.3 Å². The maximum absolute atomic E-state index is 13.9. The number of benzene rings is 2. The van der Waals surface area contributed by atoms with Crippen molar-refractivity contribution in [2.45, 2.75) is 25.8 Å². The minimum absolute atomic E-state index is 0.354. The third-order valence-electron chi connectivity index (χ3n) is 4.57. The van der Waals surface area contributed by atoms with Crippen LogP contribution in [-0.2, 0) is 13.0 Å². The van der Waals surface area contributed by atoms with Crippen LogP contribution < -0.4 is 11.1 Å². The Balaban J connectivity index is 1.51. The van der Waals surface area contributed by atoms with Crippen LogP contribution in [0.4, 0.5) is 15.9 Å². The van der Waals surface area contributed by atoms with Crippen LogP contribution in [0.3, 0.4) is 0 Å². The number of pyridine rings is 1. The van der Waals surface area contributed by atoms with E-state index in [1.165, 1.54) is 36.6 Å². The molecule has 0 bridgehead atoms. The Morgan fingerprint density at radius 1 is 1.04 bits per heavy atom. The number of anilines is 2. The van der Waals surface area contributed by atoms with E-state index in [2.05, 4.69) is 34.6 Å². The molecule has 0 atom stereocenters. The van der Waals surface area contributed by atoms with Crippen LogP contribution >= 0.6 is 0 Å². The van der Waals surface area contributed by atoms with E-state index in [-0.39, 0.29) is 5.82 Å². The van der Waals surface area contributed by atoms with Gasteiger partial charge in [-0.1, -0.05) is 24.3 Å². The minimum atomic E-state index is -0.354. The maximum atomic E-state index is 13.9. The summed E-state index contributed by atoms with van der Waals surface area (Å²) < 4.78 is 13.9. The highest BCUT2D eigenvalue weighted by Gasteiger charge is 2.21. The average Bonchev–Trinajstić information content (AvgIpc) is 3.40. The highest BCUT2D eigenvalue weighted by molar-refractivity contribution is 5.94. The van der Waals surface area contributed by atoms with Crippen molar-refractivity contribution in [3.63, 3.8) is 0 Å². The summed E-state index contributed by atoms with van der Waals surface area (Å²) in [6.45, 7) is 0.655. The van der Waals surface area contributed by atoms with Gasteiger partial charge in [0.25, 0.3) is 0 Å². The van der Waals surface area contributed by atoms with Crippen molar-refractivity contribution in [2.24, 2.45) is 5.92 Å². The number of hydrogen-bond donors (Lipinski definition) is 2. The molecule has 1 heterocycles. The third kappa shape index (κ3) is 3.18. The zero-order chi connectivity index (χ0) is 16.5. The molecule has 1 aromatic heterocycles. The number of nitrogens with zero attached hydrogens (tertiary/aromatic N) is 1. The Labute approximate surface area is 140 Å². The largest absolute Gasteiger partial charge is 0.399 e. The van der Waals surface area contributed by atoms with Gasteiger partial charge in [-0.3, -0.25) is 0 Å². The van der Waals surface area contributed by atoms with E-state index < -0.39 is 0 Å². The number of rotatable bonds is 5. The molecule has 1 saturated carbocycles. The Hall–Kier alpha value is -2.62. The molecule has 0 amide bonds. The molecule has 4 heteroatoms. The molecule has 0 aliphatic heterocycles. The Bertz CT molecular complexity index is 870. The summed E-state index contributed by atoms with van der Waals surface area (Å²) in [5, 5.41) is 4.54. The Morgan fingerprint density at radius 3 is 2.54 bits per heavy atom. The van der Waals surface area contributed by atoms with Crippen LogP contribution in [0.5, 0.6) is 0 Å². The first kappa shape index (κ1) is 14.9. The average molecular weight is 321 g/mol. The Kier molecular flexibility index (Phi) is 3.81. The number of aromatic nitrogens is 1. The fourth-order valence-electron chi connectivity index (χ4n) is 3.00. The van der Waals surface area contributed by atoms with E-state index in [9.17, 15) is 4.39 Å². The maximum Gasteiger partial charge on any atom is 0.149 e. The first-order valence-electron chi connectivity index (χ1n) is 8.34. The molecule has 3 aromatic rings. The highest BCUT2D eigenvalue weighted by atomic mass is 19.1. The van der Waals surface area contributed by atoms with Crippen LogP contribution in [0.2, 0.25) is 0 Å². The van der Waals surface area contributed by atoms with Crippen LogP contribution in [0.25, 0.3) is 10.8 Å². The number of nitrogens with two attached hydrogens (primary N) is 1. The number of nitrogens with one attached hydrogen (secondary N) is 1. The monoisotopic (exact) mass is 321 g/mol.